The second kappa shape index (κ2) is 10.8. The molecule has 1 N–H and O–H groups in total. The van der Waals surface area contributed by atoms with Crippen LogP contribution < -0.4 is 9.62 Å². The highest BCUT2D eigenvalue weighted by Gasteiger charge is 2.34. The van der Waals surface area contributed by atoms with Crippen molar-refractivity contribution < 1.29 is 21.6 Å². The number of halogens is 1. The third-order valence-electron chi connectivity index (χ3n) is 7.72. The molecular weight excluding hydrogens is 582 g/mol. The van der Waals surface area contributed by atoms with Crippen molar-refractivity contribution in [1.82, 2.24) is 4.31 Å². The molecule has 41 heavy (non-hydrogen) atoms. The van der Waals surface area contributed by atoms with Crippen molar-refractivity contribution in [2.24, 2.45) is 5.92 Å². The third kappa shape index (κ3) is 5.32. The van der Waals surface area contributed by atoms with Gasteiger partial charge < -0.3 is 5.32 Å². The SMILES string of the molecule is O=C(Nc1ccc2c(c1)N(S(=O)(=O)c1ccc(Cl)cc1)CC2)[C@H]1CCCN(S(=O)(=O)c2ccc3ccccc3c2)C1. The van der Waals surface area contributed by atoms with Crippen LogP contribution in [-0.4, -0.2) is 46.7 Å². The van der Waals surface area contributed by atoms with Gasteiger partial charge in [0.15, 0.2) is 0 Å². The summed E-state index contributed by atoms with van der Waals surface area (Å²) in [7, 11) is -7.59. The van der Waals surface area contributed by atoms with E-state index < -0.39 is 26.0 Å². The van der Waals surface area contributed by atoms with E-state index in [1.54, 1.807) is 30.3 Å². The van der Waals surface area contributed by atoms with Crippen molar-refractivity contribution in [2.45, 2.75) is 29.1 Å². The summed E-state index contributed by atoms with van der Waals surface area (Å²) >= 11 is 5.94. The first-order valence-electron chi connectivity index (χ1n) is 13.3. The number of rotatable bonds is 6. The molecule has 1 atom stereocenters. The summed E-state index contributed by atoms with van der Waals surface area (Å²) in [6.45, 7) is 0.709. The first-order chi connectivity index (χ1) is 19.6. The van der Waals surface area contributed by atoms with Crippen LogP contribution in [0.25, 0.3) is 10.8 Å². The van der Waals surface area contributed by atoms with E-state index >= 15 is 0 Å². The number of hydrogen-bond acceptors (Lipinski definition) is 5. The lowest BCUT2D eigenvalue weighted by Crippen LogP contribution is -2.43. The Hall–Kier alpha value is -3.44. The number of anilines is 2. The number of nitrogens with zero attached hydrogens (tertiary/aromatic N) is 2. The number of amides is 1. The minimum Gasteiger partial charge on any atom is -0.326 e. The lowest BCUT2D eigenvalue weighted by Gasteiger charge is -2.31. The number of nitrogens with one attached hydrogen (secondary N) is 1. The number of carbonyl (C=O) groups is 1. The van der Waals surface area contributed by atoms with Gasteiger partial charge in [0.1, 0.15) is 0 Å². The van der Waals surface area contributed by atoms with Gasteiger partial charge in [-0.15, -0.1) is 0 Å². The van der Waals surface area contributed by atoms with Gasteiger partial charge in [-0.3, -0.25) is 9.10 Å². The predicted molar refractivity (Wildman–Crippen MR) is 160 cm³/mol. The number of benzene rings is 4. The minimum absolute atomic E-state index is 0.0724. The predicted octanol–water partition coefficient (Wildman–Crippen LogP) is 5.28. The Bertz CT molecular complexity index is 1860. The average molecular weight is 610 g/mol. The van der Waals surface area contributed by atoms with Crippen molar-refractivity contribution in [1.29, 1.82) is 0 Å². The monoisotopic (exact) mass is 609 g/mol. The molecule has 8 nitrogen and oxygen atoms in total. The molecule has 11 heteroatoms. The molecule has 212 valence electrons. The van der Waals surface area contributed by atoms with E-state index in [2.05, 4.69) is 5.32 Å². The molecule has 0 radical (unpaired) electrons. The number of carbonyl (C=O) groups excluding carboxylic acids is 1. The molecule has 0 unspecified atom stereocenters. The molecule has 4 aromatic carbocycles. The Labute approximate surface area is 244 Å². The summed E-state index contributed by atoms with van der Waals surface area (Å²) in [4.78, 5) is 13.7. The van der Waals surface area contributed by atoms with Gasteiger partial charge in [0.2, 0.25) is 15.9 Å². The van der Waals surface area contributed by atoms with Crippen molar-refractivity contribution in [2.75, 3.05) is 29.3 Å². The second-order valence-electron chi connectivity index (χ2n) is 10.3. The highest BCUT2D eigenvalue weighted by molar-refractivity contribution is 7.92. The summed E-state index contributed by atoms with van der Waals surface area (Å²) in [5.41, 5.74) is 1.84. The van der Waals surface area contributed by atoms with Crippen LogP contribution in [0.3, 0.4) is 0 Å². The van der Waals surface area contributed by atoms with E-state index in [0.717, 1.165) is 16.3 Å². The van der Waals surface area contributed by atoms with Crippen LogP contribution in [0.2, 0.25) is 5.02 Å². The normalized spacial score (nSPS) is 17.9. The summed E-state index contributed by atoms with van der Waals surface area (Å²) in [6, 6.07) is 23.9. The van der Waals surface area contributed by atoms with E-state index in [4.69, 9.17) is 11.6 Å². The highest BCUT2D eigenvalue weighted by Crippen LogP contribution is 2.36. The smallest absolute Gasteiger partial charge is 0.264 e. The first kappa shape index (κ1) is 27.7. The van der Waals surface area contributed by atoms with Gasteiger partial charge in [0.05, 0.1) is 21.4 Å². The van der Waals surface area contributed by atoms with E-state index in [9.17, 15) is 21.6 Å². The van der Waals surface area contributed by atoms with Gasteiger partial charge in [-0.25, -0.2) is 16.8 Å². The van der Waals surface area contributed by atoms with E-state index in [1.807, 2.05) is 30.3 Å². The third-order valence-corrected chi connectivity index (χ3v) is 11.7. The van der Waals surface area contributed by atoms with Crippen LogP contribution in [0.4, 0.5) is 11.4 Å². The molecule has 2 heterocycles. The first-order valence-corrected chi connectivity index (χ1v) is 16.6. The van der Waals surface area contributed by atoms with Crippen LogP contribution in [0, 0.1) is 5.92 Å². The highest BCUT2D eigenvalue weighted by atomic mass is 35.5. The van der Waals surface area contributed by atoms with Crippen molar-refractivity contribution >= 4 is 59.7 Å². The maximum atomic E-state index is 13.5. The molecular formula is C30H28ClN3O5S2. The Balaban J connectivity index is 1.18. The standard InChI is InChI=1S/C30H28ClN3O5S2/c31-25-9-13-27(14-10-25)41(38,39)34-17-15-22-7-11-26(19-29(22)34)32-30(35)24-6-3-16-33(20-24)40(36,37)28-12-8-21-4-1-2-5-23(21)18-28/h1-2,4-5,7-14,18-19,24H,3,6,15-17,20H2,(H,32,35)/t24-/m0/s1. The second-order valence-corrected chi connectivity index (χ2v) is 14.6. The van der Waals surface area contributed by atoms with Crippen LogP contribution in [0.15, 0.2) is 94.7 Å². The lowest BCUT2D eigenvalue weighted by molar-refractivity contribution is -0.120. The molecule has 2 aliphatic heterocycles. The molecule has 0 spiro atoms. The summed E-state index contributed by atoms with van der Waals surface area (Å²) < 4.78 is 56.4. The molecule has 1 saturated heterocycles. The molecule has 0 saturated carbocycles. The fraction of sp³-hybridized carbons (Fsp3) is 0.233. The zero-order valence-corrected chi connectivity index (χ0v) is 24.4. The molecule has 1 amide bonds. The lowest BCUT2D eigenvalue weighted by atomic mass is 9.98. The molecule has 2 aliphatic rings. The number of fused-ring (bicyclic) bond motifs is 2. The van der Waals surface area contributed by atoms with Gasteiger partial charge in [-0.05, 0) is 84.1 Å². The molecule has 4 aromatic rings. The number of piperidine rings is 1. The van der Waals surface area contributed by atoms with Crippen molar-refractivity contribution in [3.63, 3.8) is 0 Å². The summed E-state index contributed by atoms with van der Waals surface area (Å²) in [6.07, 6.45) is 1.67. The largest absolute Gasteiger partial charge is 0.326 e. The van der Waals surface area contributed by atoms with Crippen molar-refractivity contribution in [3.05, 3.63) is 95.5 Å². The molecule has 0 aromatic heterocycles. The molecule has 0 aliphatic carbocycles. The molecule has 0 bridgehead atoms. The molecule has 1 fully saturated rings. The quantitative estimate of drug-likeness (QED) is 0.320. The minimum atomic E-state index is -3.81. The van der Waals surface area contributed by atoms with Gasteiger partial charge >= 0.3 is 0 Å². The van der Waals surface area contributed by atoms with Crippen molar-refractivity contribution in [3.8, 4) is 0 Å². The van der Waals surface area contributed by atoms with Crippen LogP contribution in [-0.2, 0) is 31.3 Å². The van der Waals surface area contributed by atoms with Gasteiger partial charge in [0, 0.05) is 30.3 Å². The van der Waals surface area contributed by atoms with E-state index in [0.29, 0.717) is 48.7 Å². The zero-order chi connectivity index (χ0) is 28.8. The van der Waals surface area contributed by atoms with Crippen LogP contribution in [0.1, 0.15) is 18.4 Å². The Morgan fingerprint density at radius 1 is 0.805 bits per heavy atom. The van der Waals surface area contributed by atoms with Gasteiger partial charge in [-0.1, -0.05) is 48.0 Å². The van der Waals surface area contributed by atoms with Crippen LogP contribution in [0.5, 0.6) is 0 Å². The number of sulfonamides is 2. The Morgan fingerprint density at radius 3 is 2.32 bits per heavy atom. The van der Waals surface area contributed by atoms with Crippen LogP contribution >= 0.6 is 11.6 Å². The molecule has 6 rings (SSSR count). The Kier molecular flexibility index (Phi) is 7.27. The fourth-order valence-electron chi connectivity index (χ4n) is 5.51. The summed E-state index contributed by atoms with van der Waals surface area (Å²) in [5, 5.41) is 5.14. The topological polar surface area (TPSA) is 104 Å². The Morgan fingerprint density at radius 2 is 1.54 bits per heavy atom. The van der Waals surface area contributed by atoms with Gasteiger partial charge in [0.25, 0.3) is 10.0 Å². The summed E-state index contributed by atoms with van der Waals surface area (Å²) in [5.74, 6) is -0.838. The zero-order valence-electron chi connectivity index (χ0n) is 22.0. The maximum Gasteiger partial charge on any atom is 0.264 e. The van der Waals surface area contributed by atoms with E-state index in [1.165, 1.54) is 32.9 Å². The maximum absolute atomic E-state index is 13.5. The van der Waals surface area contributed by atoms with Gasteiger partial charge in [-0.2, -0.15) is 4.31 Å². The fourth-order valence-corrected chi connectivity index (χ4v) is 8.69. The number of hydrogen-bond donors (Lipinski definition) is 1. The van der Waals surface area contributed by atoms with E-state index in [-0.39, 0.29) is 22.2 Å². The average Bonchev–Trinajstić information content (AvgIpc) is 3.41.